The number of nitrogens with zero attached hydrogens (tertiary/aromatic N) is 4. The van der Waals surface area contributed by atoms with Gasteiger partial charge in [0.25, 0.3) is 0 Å². The van der Waals surface area contributed by atoms with Crippen LogP contribution in [0, 0.1) is 18.3 Å². The van der Waals surface area contributed by atoms with Crippen molar-refractivity contribution in [1.82, 2.24) is 14.5 Å². The monoisotopic (exact) mass is 226 g/mol. The normalized spacial score (nSPS) is 10.1. The standard InChI is InChI=1S/C13H14N4/c1-11-6-12(8-15-7-11)13-9-17(10-16-13)5-3-2-4-14/h6-10H,2-3,5H2,1H3. The van der Waals surface area contributed by atoms with Crippen molar-refractivity contribution in [2.75, 3.05) is 0 Å². The second-order valence-corrected chi connectivity index (χ2v) is 4.01. The third-order valence-corrected chi connectivity index (χ3v) is 2.51. The number of imidazole rings is 1. The molecule has 86 valence electrons. The summed E-state index contributed by atoms with van der Waals surface area (Å²) in [5.41, 5.74) is 3.09. The second-order valence-electron chi connectivity index (χ2n) is 4.01. The molecule has 17 heavy (non-hydrogen) atoms. The average Bonchev–Trinajstić information content (AvgIpc) is 2.78. The van der Waals surface area contributed by atoms with Crippen LogP contribution in [0.5, 0.6) is 0 Å². The fraction of sp³-hybridized carbons (Fsp3) is 0.308. The SMILES string of the molecule is Cc1cncc(-c2cn(CCCC#N)cn2)c1. The molecule has 0 spiro atoms. The molecule has 0 atom stereocenters. The summed E-state index contributed by atoms with van der Waals surface area (Å²) in [5, 5.41) is 8.47. The van der Waals surface area contributed by atoms with Crippen LogP contribution in [0.4, 0.5) is 0 Å². The molecule has 0 aliphatic rings. The quantitative estimate of drug-likeness (QED) is 0.753. The van der Waals surface area contributed by atoms with E-state index in [2.05, 4.69) is 22.1 Å². The maximum Gasteiger partial charge on any atom is 0.0953 e. The number of hydrogen-bond acceptors (Lipinski definition) is 3. The predicted octanol–water partition coefficient (Wildman–Crippen LogP) is 2.56. The molecule has 0 saturated carbocycles. The Labute approximate surface area is 101 Å². The smallest absolute Gasteiger partial charge is 0.0953 e. The Hall–Kier alpha value is -2.15. The lowest BCUT2D eigenvalue weighted by Crippen LogP contribution is -1.93. The molecule has 0 unspecified atom stereocenters. The molecule has 0 aliphatic carbocycles. The first-order chi connectivity index (χ1) is 8.29. The Bertz CT molecular complexity index is 536. The van der Waals surface area contributed by atoms with Crippen LogP contribution in [0.3, 0.4) is 0 Å². The molecule has 2 aromatic heterocycles. The molecule has 0 radical (unpaired) electrons. The first-order valence-electron chi connectivity index (χ1n) is 5.60. The minimum atomic E-state index is 0.583. The van der Waals surface area contributed by atoms with E-state index in [1.54, 1.807) is 6.33 Å². The maximum absolute atomic E-state index is 8.47. The lowest BCUT2D eigenvalue weighted by molar-refractivity contribution is 0.653. The minimum absolute atomic E-state index is 0.583. The van der Waals surface area contributed by atoms with Gasteiger partial charge >= 0.3 is 0 Å². The van der Waals surface area contributed by atoms with Gasteiger partial charge < -0.3 is 4.57 Å². The van der Waals surface area contributed by atoms with Crippen molar-refractivity contribution >= 4 is 0 Å². The van der Waals surface area contributed by atoms with Crippen LogP contribution in [-0.2, 0) is 6.54 Å². The van der Waals surface area contributed by atoms with E-state index in [0.717, 1.165) is 29.8 Å². The summed E-state index contributed by atoms with van der Waals surface area (Å²) in [4.78, 5) is 8.50. The average molecular weight is 226 g/mol. The van der Waals surface area contributed by atoms with Crippen LogP contribution in [0.1, 0.15) is 18.4 Å². The lowest BCUT2D eigenvalue weighted by Gasteiger charge is -1.98. The van der Waals surface area contributed by atoms with Gasteiger partial charge in [0.05, 0.1) is 18.1 Å². The zero-order chi connectivity index (χ0) is 12.1. The van der Waals surface area contributed by atoms with Crippen LogP contribution in [0.25, 0.3) is 11.3 Å². The topological polar surface area (TPSA) is 54.5 Å². The van der Waals surface area contributed by atoms with Gasteiger partial charge in [-0.1, -0.05) is 0 Å². The maximum atomic E-state index is 8.47. The highest BCUT2D eigenvalue weighted by Crippen LogP contribution is 2.16. The molecule has 0 saturated heterocycles. The first-order valence-corrected chi connectivity index (χ1v) is 5.60. The summed E-state index contributed by atoms with van der Waals surface area (Å²) in [6, 6.07) is 4.20. The van der Waals surface area contributed by atoms with E-state index in [1.165, 1.54) is 0 Å². The highest BCUT2D eigenvalue weighted by Gasteiger charge is 2.02. The van der Waals surface area contributed by atoms with Crippen molar-refractivity contribution in [3.63, 3.8) is 0 Å². The van der Waals surface area contributed by atoms with Crippen LogP contribution in [-0.4, -0.2) is 14.5 Å². The van der Waals surface area contributed by atoms with Crippen LogP contribution in [0.15, 0.2) is 31.0 Å². The highest BCUT2D eigenvalue weighted by atomic mass is 15.0. The molecule has 4 heteroatoms. The number of pyridine rings is 1. The molecular weight excluding hydrogens is 212 g/mol. The minimum Gasteiger partial charge on any atom is -0.337 e. The van der Waals surface area contributed by atoms with Crippen molar-refractivity contribution < 1.29 is 0 Å². The summed E-state index contributed by atoms with van der Waals surface area (Å²) in [7, 11) is 0. The molecule has 0 aromatic carbocycles. The van der Waals surface area contributed by atoms with Crippen molar-refractivity contribution in [2.45, 2.75) is 26.3 Å². The van der Waals surface area contributed by atoms with E-state index >= 15 is 0 Å². The Morgan fingerprint density at radius 1 is 1.41 bits per heavy atom. The molecule has 0 N–H and O–H groups in total. The molecule has 0 amide bonds. The molecule has 0 bridgehead atoms. The van der Waals surface area contributed by atoms with E-state index in [4.69, 9.17) is 5.26 Å². The van der Waals surface area contributed by atoms with Crippen molar-refractivity contribution in [1.29, 1.82) is 5.26 Å². The van der Waals surface area contributed by atoms with Gasteiger partial charge in [-0.15, -0.1) is 0 Å². The van der Waals surface area contributed by atoms with E-state index in [1.807, 2.05) is 30.1 Å². The number of unbranched alkanes of at least 4 members (excludes halogenated alkanes) is 1. The van der Waals surface area contributed by atoms with Gasteiger partial charge in [-0.3, -0.25) is 4.98 Å². The van der Waals surface area contributed by atoms with E-state index in [0.29, 0.717) is 6.42 Å². The summed E-state index contributed by atoms with van der Waals surface area (Å²) in [6.07, 6.45) is 8.88. The van der Waals surface area contributed by atoms with Gasteiger partial charge in [-0.05, 0) is 25.0 Å². The predicted molar refractivity (Wildman–Crippen MR) is 65.0 cm³/mol. The first kappa shape index (κ1) is 11.3. The lowest BCUT2D eigenvalue weighted by atomic mass is 10.2. The van der Waals surface area contributed by atoms with E-state index in [9.17, 15) is 0 Å². The molecule has 2 rings (SSSR count). The van der Waals surface area contributed by atoms with Gasteiger partial charge in [0.15, 0.2) is 0 Å². The number of rotatable bonds is 4. The highest BCUT2D eigenvalue weighted by molar-refractivity contribution is 5.57. The van der Waals surface area contributed by atoms with Crippen LogP contribution < -0.4 is 0 Å². The third kappa shape index (κ3) is 2.91. The summed E-state index contributed by atoms with van der Waals surface area (Å²) in [5.74, 6) is 0. The summed E-state index contributed by atoms with van der Waals surface area (Å²) < 4.78 is 2.01. The Balaban J connectivity index is 2.10. The number of aryl methyl sites for hydroxylation is 2. The third-order valence-electron chi connectivity index (χ3n) is 2.51. The number of aromatic nitrogens is 3. The van der Waals surface area contributed by atoms with Gasteiger partial charge in [-0.25, -0.2) is 4.98 Å². The zero-order valence-electron chi connectivity index (χ0n) is 9.80. The van der Waals surface area contributed by atoms with Gasteiger partial charge in [-0.2, -0.15) is 5.26 Å². The van der Waals surface area contributed by atoms with E-state index < -0.39 is 0 Å². The summed E-state index contributed by atoms with van der Waals surface area (Å²) >= 11 is 0. The molecule has 2 aromatic rings. The molecule has 2 heterocycles. The number of hydrogen-bond donors (Lipinski definition) is 0. The molecule has 4 nitrogen and oxygen atoms in total. The van der Waals surface area contributed by atoms with Gasteiger partial charge in [0, 0.05) is 37.1 Å². The van der Waals surface area contributed by atoms with Crippen molar-refractivity contribution in [3.8, 4) is 17.3 Å². The van der Waals surface area contributed by atoms with Crippen LogP contribution in [0.2, 0.25) is 0 Å². The van der Waals surface area contributed by atoms with Crippen molar-refractivity contribution in [3.05, 3.63) is 36.5 Å². The molecule has 0 fully saturated rings. The van der Waals surface area contributed by atoms with Gasteiger partial charge in [0.1, 0.15) is 0 Å². The van der Waals surface area contributed by atoms with Gasteiger partial charge in [0.2, 0.25) is 0 Å². The largest absolute Gasteiger partial charge is 0.337 e. The Kier molecular flexibility index (Phi) is 3.51. The number of nitriles is 1. The van der Waals surface area contributed by atoms with E-state index in [-0.39, 0.29) is 0 Å². The fourth-order valence-corrected chi connectivity index (χ4v) is 1.67. The molecule has 0 aliphatic heterocycles. The Morgan fingerprint density at radius 3 is 3.06 bits per heavy atom. The van der Waals surface area contributed by atoms with Crippen molar-refractivity contribution in [2.24, 2.45) is 0 Å². The Morgan fingerprint density at radius 2 is 2.29 bits per heavy atom. The molecular formula is C13H14N4. The summed E-state index contributed by atoms with van der Waals surface area (Å²) in [6.45, 7) is 2.85. The second kappa shape index (κ2) is 5.26. The fourth-order valence-electron chi connectivity index (χ4n) is 1.67. The zero-order valence-corrected chi connectivity index (χ0v) is 9.80. The van der Waals surface area contributed by atoms with Crippen LogP contribution >= 0.6 is 0 Å².